The fraction of sp³-hybridized carbons (Fsp3) is 0.417. The number of fused-ring (bicyclic) bond motifs is 1. The van der Waals surface area contributed by atoms with Gasteiger partial charge in [-0.15, -0.1) is 0 Å². The quantitative estimate of drug-likeness (QED) is 0.451. The van der Waals surface area contributed by atoms with Crippen LogP contribution in [0.1, 0.15) is 35.2 Å². The molecule has 3 atom stereocenters. The molecule has 8 nitrogen and oxygen atoms in total. The highest BCUT2D eigenvalue weighted by Crippen LogP contribution is 2.41. The Morgan fingerprint density at radius 3 is 2.59 bits per heavy atom. The number of hydrogen-bond donors (Lipinski definition) is 2. The summed E-state index contributed by atoms with van der Waals surface area (Å²) < 4.78 is 83.8. The van der Waals surface area contributed by atoms with Gasteiger partial charge >= 0.3 is 6.18 Å². The van der Waals surface area contributed by atoms with Gasteiger partial charge in [0.15, 0.2) is 5.82 Å². The van der Waals surface area contributed by atoms with Crippen molar-refractivity contribution >= 4 is 34.7 Å². The third kappa shape index (κ3) is 5.09. The molecule has 2 aliphatic rings. The molecule has 39 heavy (non-hydrogen) atoms. The number of amides is 2. The van der Waals surface area contributed by atoms with Crippen molar-refractivity contribution in [3.05, 3.63) is 46.7 Å². The number of halogens is 7. The average Bonchev–Trinajstić information content (AvgIpc) is 3.54. The second kappa shape index (κ2) is 9.57. The fourth-order valence-electron chi connectivity index (χ4n) is 5.09. The van der Waals surface area contributed by atoms with Crippen LogP contribution in [0.3, 0.4) is 0 Å². The van der Waals surface area contributed by atoms with Crippen LogP contribution in [0.5, 0.6) is 0 Å². The summed E-state index contributed by atoms with van der Waals surface area (Å²) >= 11 is 6.19. The van der Waals surface area contributed by atoms with Crippen LogP contribution in [0.25, 0.3) is 16.8 Å². The van der Waals surface area contributed by atoms with Gasteiger partial charge in [-0.05, 0) is 24.6 Å². The van der Waals surface area contributed by atoms with E-state index in [1.54, 1.807) is 0 Å². The Morgan fingerprint density at radius 2 is 1.92 bits per heavy atom. The van der Waals surface area contributed by atoms with Crippen LogP contribution in [0.15, 0.2) is 30.6 Å². The Hall–Kier alpha value is -3.55. The molecule has 3 N–H and O–H groups in total. The minimum atomic E-state index is -4.77. The summed E-state index contributed by atoms with van der Waals surface area (Å²) in [5.74, 6) is -5.67. The second-order valence-corrected chi connectivity index (χ2v) is 10.1. The zero-order valence-electron chi connectivity index (χ0n) is 20.0. The molecular formula is C24H21ClF6N6O2. The SMILES string of the molecule is Nc1ncnn2c(-c3ccc(Cl)c(C(=O)N[C@@H]4CN(C(=O)C5CCC(F)(F)C5)C[C@@H]4F)c3)cc(C(F)(F)F)c12. The fourth-order valence-corrected chi connectivity index (χ4v) is 5.30. The van der Waals surface area contributed by atoms with E-state index in [-0.39, 0.29) is 41.4 Å². The lowest BCUT2D eigenvalue weighted by Gasteiger charge is -2.20. The third-order valence-corrected chi connectivity index (χ3v) is 7.35. The number of rotatable bonds is 4. The Bertz CT molecular complexity index is 1460. The predicted octanol–water partition coefficient (Wildman–Crippen LogP) is 4.36. The van der Waals surface area contributed by atoms with Crippen LogP contribution < -0.4 is 11.1 Å². The van der Waals surface area contributed by atoms with E-state index in [1.807, 2.05) is 0 Å². The normalized spacial score (nSPS) is 22.9. The summed E-state index contributed by atoms with van der Waals surface area (Å²) in [7, 11) is 0. The van der Waals surface area contributed by atoms with Crippen LogP contribution in [-0.4, -0.2) is 62.5 Å². The maximum Gasteiger partial charge on any atom is 0.418 e. The van der Waals surface area contributed by atoms with Crippen molar-refractivity contribution in [2.24, 2.45) is 5.92 Å². The summed E-state index contributed by atoms with van der Waals surface area (Å²) in [6, 6.07) is 3.58. The first-order valence-corrected chi connectivity index (χ1v) is 12.2. The number of nitrogens with zero attached hydrogens (tertiary/aromatic N) is 4. The van der Waals surface area contributed by atoms with Crippen LogP contribution in [0, 0.1) is 5.92 Å². The molecule has 3 aromatic rings. The van der Waals surface area contributed by atoms with Gasteiger partial charge in [-0.2, -0.15) is 18.3 Å². The third-order valence-electron chi connectivity index (χ3n) is 7.02. The number of hydrogen-bond acceptors (Lipinski definition) is 5. The van der Waals surface area contributed by atoms with Gasteiger partial charge in [-0.1, -0.05) is 17.7 Å². The van der Waals surface area contributed by atoms with E-state index in [0.717, 1.165) is 21.8 Å². The van der Waals surface area contributed by atoms with Crippen LogP contribution in [0.2, 0.25) is 5.02 Å². The number of alkyl halides is 6. The van der Waals surface area contributed by atoms with Gasteiger partial charge in [0.1, 0.15) is 18.0 Å². The highest BCUT2D eigenvalue weighted by molar-refractivity contribution is 6.34. The summed E-state index contributed by atoms with van der Waals surface area (Å²) in [4.78, 5) is 30.4. The number of benzene rings is 1. The summed E-state index contributed by atoms with van der Waals surface area (Å²) in [6.45, 7) is -0.587. The summed E-state index contributed by atoms with van der Waals surface area (Å²) in [5, 5.41) is 6.27. The Labute approximate surface area is 222 Å². The maximum atomic E-state index is 14.8. The molecule has 2 fully saturated rings. The van der Waals surface area contributed by atoms with Crippen LogP contribution in [-0.2, 0) is 11.0 Å². The van der Waals surface area contributed by atoms with Gasteiger partial charge < -0.3 is 16.0 Å². The van der Waals surface area contributed by atoms with Crippen molar-refractivity contribution in [3.8, 4) is 11.3 Å². The van der Waals surface area contributed by atoms with Crippen molar-refractivity contribution in [1.29, 1.82) is 0 Å². The van der Waals surface area contributed by atoms with Gasteiger partial charge in [0.25, 0.3) is 5.91 Å². The number of likely N-dealkylation sites (tertiary alicyclic amines) is 1. The molecule has 15 heteroatoms. The molecule has 5 rings (SSSR count). The summed E-state index contributed by atoms with van der Waals surface area (Å²) in [6.07, 6.45) is -6.46. The Balaban J connectivity index is 1.38. The van der Waals surface area contributed by atoms with E-state index in [9.17, 15) is 35.9 Å². The molecular weight excluding hydrogens is 554 g/mol. The highest BCUT2D eigenvalue weighted by atomic mass is 35.5. The molecule has 1 saturated carbocycles. The molecule has 2 aromatic heterocycles. The van der Waals surface area contributed by atoms with E-state index >= 15 is 0 Å². The first kappa shape index (κ1) is 27.0. The summed E-state index contributed by atoms with van der Waals surface area (Å²) in [5.41, 5.74) is 4.07. The van der Waals surface area contributed by atoms with Crippen molar-refractivity contribution in [1.82, 2.24) is 24.8 Å². The van der Waals surface area contributed by atoms with E-state index in [2.05, 4.69) is 15.4 Å². The minimum absolute atomic E-state index is 0.000244. The van der Waals surface area contributed by atoms with Gasteiger partial charge in [0.2, 0.25) is 11.8 Å². The molecule has 1 aliphatic heterocycles. The van der Waals surface area contributed by atoms with Gasteiger partial charge in [-0.3, -0.25) is 9.59 Å². The molecule has 1 saturated heterocycles. The number of nitrogens with two attached hydrogens (primary N) is 1. The number of anilines is 1. The first-order chi connectivity index (χ1) is 18.2. The molecule has 0 radical (unpaired) electrons. The predicted molar refractivity (Wildman–Crippen MR) is 128 cm³/mol. The molecule has 0 bridgehead atoms. The van der Waals surface area contributed by atoms with E-state index in [0.29, 0.717) is 0 Å². The van der Waals surface area contributed by atoms with Crippen LogP contribution in [0.4, 0.5) is 32.2 Å². The maximum absolute atomic E-state index is 14.8. The van der Waals surface area contributed by atoms with Crippen molar-refractivity contribution in [2.75, 3.05) is 18.8 Å². The van der Waals surface area contributed by atoms with Crippen molar-refractivity contribution in [2.45, 2.75) is 43.6 Å². The standard InChI is InChI=1S/C24H21ClF6N6O2/c25-15-2-1-11(18-6-14(24(29,30)31)19-20(32)33-10-34-37(18)19)5-13(15)21(38)35-17-9-36(8-16(17)26)22(39)12-3-4-23(27,28)7-12/h1-2,5-6,10,12,16-17H,3-4,7-9H2,(H,35,38)(H2,32,33,34)/t12?,16-,17+/m0/s1. The topological polar surface area (TPSA) is 106 Å². The molecule has 0 spiro atoms. The zero-order valence-corrected chi connectivity index (χ0v) is 20.7. The van der Waals surface area contributed by atoms with Crippen molar-refractivity contribution in [3.63, 3.8) is 0 Å². The Kier molecular flexibility index (Phi) is 6.64. The highest BCUT2D eigenvalue weighted by Gasteiger charge is 2.46. The zero-order chi connectivity index (χ0) is 28.3. The van der Waals surface area contributed by atoms with E-state index < -0.39 is 71.8 Å². The minimum Gasteiger partial charge on any atom is -0.382 e. The Morgan fingerprint density at radius 1 is 1.18 bits per heavy atom. The van der Waals surface area contributed by atoms with Gasteiger partial charge in [0, 0.05) is 30.9 Å². The van der Waals surface area contributed by atoms with Crippen LogP contribution >= 0.6 is 11.6 Å². The molecule has 1 unspecified atom stereocenters. The van der Waals surface area contributed by atoms with Gasteiger partial charge in [0.05, 0.1) is 34.4 Å². The largest absolute Gasteiger partial charge is 0.418 e. The van der Waals surface area contributed by atoms with E-state index in [1.165, 1.54) is 18.2 Å². The number of nitrogen functional groups attached to an aromatic ring is 1. The van der Waals surface area contributed by atoms with Crippen molar-refractivity contribution < 1.29 is 35.9 Å². The second-order valence-electron chi connectivity index (χ2n) is 9.68. The first-order valence-electron chi connectivity index (χ1n) is 11.9. The lowest BCUT2D eigenvalue weighted by Crippen LogP contribution is -2.42. The van der Waals surface area contributed by atoms with E-state index in [4.69, 9.17) is 17.3 Å². The molecule has 1 aromatic carbocycles. The van der Waals surface area contributed by atoms with Gasteiger partial charge in [-0.25, -0.2) is 22.7 Å². The average molecular weight is 575 g/mol. The monoisotopic (exact) mass is 574 g/mol. The lowest BCUT2D eigenvalue weighted by molar-refractivity contribution is -0.136. The number of aromatic nitrogens is 3. The molecule has 1 aliphatic carbocycles. The number of carbonyl (C=O) groups excluding carboxylic acids is 2. The number of nitrogens with one attached hydrogen (secondary N) is 1. The molecule has 2 amide bonds. The lowest BCUT2D eigenvalue weighted by atomic mass is 10.1. The molecule has 3 heterocycles. The molecule has 208 valence electrons. The number of carbonyl (C=O) groups is 2. The smallest absolute Gasteiger partial charge is 0.382 e.